The van der Waals surface area contributed by atoms with Gasteiger partial charge >= 0.3 is 10.8 Å². The molecule has 2 aromatic heterocycles. The Morgan fingerprint density at radius 1 is 1.12 bits per heavy atom. The fourth-order valence-electron chi connectivity index (χ4n) is 4.35. The van der Waals surface area contributed by atoms with Gasteiger partial charge in [-0.25, -0.2) is 4.90 Å². The first-order chi connectivity index (χ1) is 16.4. The van der Waals surface area contributed by atoms with Crippen LogP contribution in [0.15, 0.2) is 56.9 Å². The highest BCUT2D eigenvalue weighted by Gasteiger charge is 2.57. The molecule has 9 nitrogen and oxygen atoms in total. The number of ether oxygens (including phenoxy) is 2. The van der Waals surface area contributed by atoms with Crippen molar-refractivity contribution in [1.29, 1.82) is 0 Å². The van der Waals surface area contributed by atoms with Gasteiger partial charge in [0.1, 0.15) is 23.3 Å². The molecule has 0 spiro atoms. The molecule has 1 fully saturated rings. The summed E-state index contributed by atoms with van der Waals surface area (Å²) in [4.78, 5) is 53.6. The van der Waals surface area contributed by atoms with Crippen molar-refractivity contribution in [3.05, 3.63) is 63.0 Å². The lowest BCUT2D eigenvalue weighted by molar-refractivity contribution is -0.144. The molecule has 1 aromatic carbocycles. The summed E-state index contributed by atoms with van der Waals surface area (Å²) in [6.45, 7) is 1.61. The number of benzene rings is 1. The van der Waals surface area contributed by atoms with Gasteiger partial charge in [0.05, 0.1) is 47.4 Å². The minimum absolute atomic E-state index is 0.191. The number of carbonyl (C=O) groups is 3. The normalized spacial score (nSPS) is 21.4. The Balaban J connectivity index is 1.59. The Bertz CT molecular complexity index is 1310. The molecular weight excluding hydrogens is 480 g/mol. The topological polar surface area (TPSA) is 108 Å². The van der Waals surface area contributed by atoms with Crippen molar-refractivity contribution < 1.29 is 28.3 Å². The van der Waals surface area contributed by atoms with Gasteiger partial charge in [-0.05, 0) is 43.3 Å². The summed E-state index contributed by atoms with van der Waals surface area (Å²) in [5, 5.41) is -0.289. The summed E-state index contributed by atoms with van der Waals surface area (Å²) in [6, 6.07) is 10.1. The fourth-order valence-corrected chi connectivity index (χ4v) is 7.10. The Kier molecular flexibility index (Phi) is 5.82. The summed E-state index contributed by atoms with van der Waals surface area (Å²) in [7, 11) is 1.54. The lowest BCUT2D eigenvalue weighted by Gasteiger charge is -2.28. The summed E-state index contributed by atoms with van der Waals surface area (Å²) in [6.07, 6.45) is 1.49. The van der Waals surface area contributed by atoms with Crippen molar-refractivity contribution >= 4 is 46.6 Å². The number of fused-ring (bicyclic) bond motifs is 2. The van der Waals surface area contributed by atoms with Gasteiger partial charge in [0.2, 0.25) is 11.8 Å². The van der Waals surface area contributed by atoms with Gasteiger partial charge in [-0.15, -0.1) is 0 Å². The fraction of sp³-hybridized carbons (Fsp3) is 0.304. The van der Waals surface area contributed by atoms with Crippen LogP contribution in [-0.4, -0.2) is 41.3 Å². The molecule has 0 aliphatic carbocycles. The van der Waals surface area contributed by atoms with Gasteiger partial charge in [0.25, 0.3) is 0 Å². The molecule has 5 rings (SSSR count). The molecule has 1 saturated heterocycles. The zero-order valence-corrected chi connectivity index (χ0v) is 19.9. The summed E-state index contributed by atoms with van der Waals surface area (Å²) in [5.74, 6) is -1.58. The summed E-state index contributed by atoms with van der Waals surface area (Å²) >= 11 is 2.10. The number of hydrogen-bond donors (Lipinski definition) is 0. The molecule has 11 heteroatoms. The zero-order valence-electron chi connectivity index (χ0n) is 18.3. The second-order valence-electron chi connectivity index (χ2n) is 7.70. The third-order valence-electron chi connectivity index (χ3n) is 5.82. The van der Waals surface area contributed by atoms with Crippen molar-refractivity contribution in [2.45, 2.75) is 29.7 Å². The highest BCUT2D eigenvalue weighted by molar-refractivity contribution is 8.00. The van der Waals surface area contributed by atoms with E-state index >= 15 is 0 Å². The molecule has 0 radical (unpaired) electrons. The number of rotatable bonds is 6. The van der Waals surface area contributed by atoms with Gasteiger partial charge in [0, 0.05) is 0 Å². The average molecular weight is 501 g/mol. The van der Waals surface area contributed by atoms with E-state index in [2.05, 4.69) is 0 Å². The standard InChI is InChI=1S/C23H20N2O7S2/c1-3-31-15(26)11-24-22-19(34-23(24)29)16(14-5-4-10-32-14)17-18(33-22)21(28)25(20(17)27)12-6-8-13(30-2)9-7-12/h4-10,16-18H,3,11H2,1-2H3. The van der Waals surface area contributed by atoms with Crippen LogP contribution in [0.5, 0.6) is 5.75 Å². The van der Waals surface area contributed by atoms with Crippen molar-refractivity contribution in [3.8, 4) is 5.75 Å². The SMILES string of the molecule is CCOC(=O)Cn1c2c(sc1=O)C(c1ccco1)C1C(=O)N(c3ccc(OC)cc3)C(=O)C1S2. The van der Waals surface area contributed by atoms with E-state index < -0.39 is 23.1 Å². The quantitative estimate of drug-likeness (QED) is 0.376. The number of anilines is 1. The molecule has 3 aromatic rings. The van der Waals surface area contributed by atoms with Gasteiger partial charge in [-0.3, -0.25) is 23.7 Å². The van der Waals surface area contributed by atoms with Crippen LogP contribution in [0.1, 0.15) is 23.5 Å². The van der Waals surface area contributed by atoms with Crippen LogP contribution >= 0.6 is 23.1 Å². The number of thiazole rings is 1. The Labute approximate surface area is 202 Å². The van der Waals surface area contributed by atoms with Crippen LogP contribution in [0.25, 0.3) is 0 Å². The number of amides is 2. The average Bonchev–Trinajstić information content (AvgIpc) is 3.52. The molecule has 176 valence electrons. The van der Waals surface area contributed by atoms with E-state index in [1.807, 2.05) is 0 Å². The molecule has 3 unspecified atom stereocenters. The van der Waals surface area contributed by atoms with E-state index in [1.54, 1.807) is 43.3 Å². The minimum Gasteiger partial charge on any atom is -0.497 e. The van der Waals surface area contributed by atoms with Gasteiger partial charge in [0.15, 0.2) is 0 Å². The second kappa shape index (κ2) is 8.80. The van der Waals surface area contributed by atoms with E-state index in [0.717, 1.165) is 23.1 Å². The Morgan fingerprint density at radius 3 is 2.53 bits per heavy atom. The largest absolute Gasteiger partial charge is 0.497 e. The maximum atomic E-state index is 13.6. The molecular formula is C23H20N2O7S2. The van der Waals surface area contributed by atoms with E-state index in [4.69, 9.17) is 13.9 Å². The lowest BCUT2D eigenvalue weighted by atomic mass is 9.87. The molecule has 0 saturated carbocycles. The number of aromatic nitrogens is 1. The zero-order chi connectivity index (χ0) is 24.0. The van der Waals surface area contributed by atoms with Crippen LogP contribution in [0.2, 0.25) is 0 Å². The summed E-state index contributed by atoms with van der Waals surface area (Å²) < 4.78 is 17.2. The molecule has 2 amide bonds. The maximum Gasteiger partial charge on any atom is 0.326 e. The molecule has 2 aliphatic heterocycles. The van der Waals surface area contributed by atoms with Crippen LogP contribution in [0.4, 0.5) is 5.69 Å². The van der Waals surface area contributed by atoms with Crippen LogP contribution in [0, 0.1) is 5.92 Å². The van der Waals surface area contributed by atoms with E-state index in [9.17, 15) is 19.2 Å². The van der Waals surface area contributed by atoms with E-state index in [-0.39, 0.29) is 29.8 Å². The van der Waals surface area contributed by atoms with Gasteiger partial charge < -0.3 is 13.9 Å². The van der Waals surface area contributed by atoms with E-state index in [0.29, 0.717) is 27.1 Å². The van der Waals surface area contributed by atoms with Crippen LogP contribution in [-0.2, 0) is 25.7 Å². The molecule has 0 N–H and O–H groups in total. The van der Waals surface area contributed by atoms with Crippen molar-refractivity contribution in [1.82, 2.24) is 4.57 Å². The second-order valence-corrected chi connectivity index (χ2v) is 9.82. The third-order valence-corrected chi connectivity index (χ3v) is 8.43. The summed E-state index contributed by atoms with van der Waals surface area (Å²) in [5.41, 5.74) is 0.441. The number of methoxy groups -OCH3 is 1. The molecule has 3 atom stereocenters. The lowest BCUT2D eigenvalue weighted by Crippen LogP contribution is -2.32. The van der Waals surface area contributed by atoms with Gasteiger partial charge in [-0.2, -0.15) is 0 Å². The molecule has 0 bridgehead atoms. The third kappa shape index (κ3) is 3.55. The predicted octanol–water partition coefficient (Wildman–Crippen LogP) is 2.87. The first-order valence-electron chi connectivity index (χ1n) is 10.6. The first kappa shape index (κ1) is 22.5. The smallest absolute Gasteiger partial charge is 0.326 e. The van der Waals surface area contributed by atoms with Gasteiger partial charge in [-0.1, -0.05) is 23.1 Å². The maximum absolute atomic E-state index is 13.6. The number of thioether (sulfide) groups is 1. The van der Waals surface area contributed by atoms with Crippen LogP contribution < -0.4 is 14.5 Å². The number of furan rings is 1. The van der Waals surface area contributed by atoms with Crippen molar-refractivity contribution in [3.63, 3.8) is 0 Å². The van der Waals surface area contributed by atoms with Crippen molar-refractivity contribution in [2.24, 2.45) is 5.92 Å². The Morgan fingerprint density at radius 2 is 1.88 bits per heavy atom. The van der Waals surface area contributed by atoms with Crippen molar-refractivity contribution in [2.75, 3.05) is 18.6 Å². The number of nitrogens with zero attached hydrogens (tertiary/aromatic N) is 2. The highest BCUT2D eigenvalue weighted by Crippen LogP contribution is 2.53. The first-order valence-corrected chi connectivity index (χ1v) is 12.2. The molecule has 4 heterocycles. The number of hydrogen-bond acceptors (Lipinski definition) is 9. The number of carbonyl (C=O) groups excluding carboxylic acids is 3. The monoisotopic (exact) mass is 500 g/mol. The van der Waals surface area contributed by atoms with Crippen LogP contribution in [0.3, 0.4) is 0 Å². The molecule has 2 aliphatic rings. The predicted molar refractivity (Wildman–Crippen MR) is 124 cm³/mol. The number of esters is 1. The molecule has 34 heavy (non-hydrogen) atoms. The highest BCUT2D eigenvalue weighted by atomic mass is 32.2. The number of imide groups is 1. The van der Waals surface area contributed by atoms with E-state index in [1.165, 1.54) is 22.8 Å². The Hall–Kier alpha value is -3.31. The minimum atomic E-state index is -0.778.